The highest BCUT2D eigenvalue weighted by Gasteiger charge is 2.10. The summed E-state index contributed by atoms with van der Waals surface area (Å²) in [5.41, 5.74) is 1.14. The third kappa shape index (κ3) is 7.27. The molecule has 1 amide bonds. The Hall–Kier alpha value is -2.34. The molecule has 0 aliphatic carbocycles. The summed E-state index contributed by atoms with van der Waals surface area (Å²) < 4.78 is 17.8. The van der Waals surface area contributed by atoms with Crippen LogP contribution in [0.2, 0.25) is 0 Å². The fourth-order valence-electron chi connectivity index (χ4n) is 2.22. The number of carbonyl (C=O) groups is 2. The molecule has 26 heavy (non-hydrogen) atoms. The number of halogens is 1. The summed E-state index contributed by atoms with van der Waals surface area (Å²) in [6, 6.07) is 16.0. The van der Waals surface area contributed by atoms with Gasteiger partial charge in [-0.25, -0.2) is 4.39 Å². The second-order valence-corrected chi connectivity index (χ2v) is 7.00. The Morgan fingerprint density at radius 2 is 1.81 bits per heavy atom. The first-order valence-electron chi connectivity index (χ1n) is 8.40. The maximum atomic E-state index is 12.8. The van der Waals surface area contributed by atoms with Crippen LogP contribution in [0.1, 0.15) is 24.8 Å². The van der Waals surface area contributed by atoms with E-state index in [1.807, 2.05) is 37.3 Å². The molecule has 0 saturated heterocycles. The number of rotatable bonds is 9. The van der Waals surface area contributed by atoms with Gasteiger partial charge in [-0.1, -0.05) is 37.3 Å². The summed E-state index contributed by atoms with van der Waals surface area (Å²) in [6.45, 7) is 2.23. The Balaban J connectivity index is 1.59. The first kappa shape index (κ1) is 20.0. The standard InChI is InChI=1S/C20H22FNO3S/c1-15(16-5-3-2-4-6-16)13-22-19(23)14-25-20(24)11-12-26-18-9-7-17(21)8-10-18/h2-10,15H,11-14H2,1H3,(H,22,23)/t15-/m1/s1. The summed E-state index contributed by atoms with van der Waals surface area (Å²) in [5, 5.41) is 2.77. The van der Waals surface area contributed by atoms with Crippen LogP contribution in [0.3, 0.4) is 0 Å². The number of carbonyl (C=O) groups excluding carboxylic acids is 2. The van der Waals surface area contributed by atoms with Gasteiger partial charge in [-0.2, -0.15) is 0 Å². The van der Waals surface area contributed by atoms with Gasteiger partial charge in [-0.3, -0.25) is 9.59 Å². The van der Waals surface area contributed by atoms with Gasteiger partial charge < -0.3 is 10.1 Å². The van der Waals surface area contributed by atoms with E-state index in [1.54, 1.807) is 12.1 Å². The Morgan fingerprint density at radius 3 is 2.50 bits per heavy atom. The van der Waals surface area contributed by atoms with E-state index < -0.39 is 5.97 Å². The summed E-state index contributed by atoms with van der Waals surface area (Å²) in [6.07, 6.45) is 0.190. The summed E-state index contributed by atoms with van der Waals surface area (Å²) in [7, 11) is 0. The molecular weight excluding hydrogens is 353 g/mol. The van der Waals surface area contributed by atoms with Crippen LogP contribution < -0.4 is 5.32 Å². The molecule has 2 aromatic rings. The third-order valence-corrected chi connectivity index (χ3v) is 4.74. The van der Waals surface area contributed by atoms with Crippen LogP contribution in [0.15, 0.2) is 59.5 Å². The van der Waals surface area contributed by atoms with Gasteiger partial charge >= 0.3 is 5.97 Å². The lowest BCUT2D eigenvalue weighted by Gasteiger charge is -2.13. The van der Waals surface area contributed by atoms with E-state index in [1.165, 1.54) is 23.9 Å². The third-order valence-electron chi connectivity index (χ3n) is 3.73. The molecule has 0 aromatic heterocycles. The Morgan fingerprint density at radius 1 is 1.12 bits per heavy atom. The van der Waals surface area contributed by atoms with E-state index in [0.29, 0.717) is 12.3 Å². The van der Waals surface area contributed by atoms with Crippen molar-refractivity contribution in [3.63, 3.8) is 0 Å². The molecule has 0 heterocycles. The first-order valence-corrected chi connectivity index (χ1v) is 9.39. The largest absolute Gasteiger partial charge is 0.456 e. The predicted octanol–water partition coefficient (Wildman–Crippen LogP) is 3.77. The van der Waals surface area contributed by atoms with Gasteiger partial charge in [0.2, 0.25) is 0 Å². The summed E-state index contributed by atoms with van der Waals surface area (Å²) in [4.78, 5) is 24.3. The van der Waals surface area contributed by atoms with Gasteiger partial charge in [0.05, 0.1) is 6.42 Å². The molecule has 1 atom stereocenters. The first-order chi connectivity index (χ1) is 12.5. The Bertz CT molecular complexity index is 707. The van der Waals surface area contributed by atoms with E-state index in [9.17, 15) is 14.0 Å². The van der Waals surface area contributed by atoms with Crippen LogP contribution in [0.25, 0.3) is 0 Å². The molecule has 1 N–H and O–H groups in total. The second kappa shape index (κ2) is 10.6. The molecule has 0 saturated carbocycles. The number of hydrogen-bond donors (Lipinski definition) is 1. The lowest BCUT2D eigenvalue weighted by Crippen LogP contribution is -2.31. The molecule has 0 aliphatic rings. The zero-order chi connectivity index (χ0) is 18.8. The van der Waals surface area contributed by atoms with Crippen molar-refractivity contribution in [1.82, 2.24) is 5.32 Å². The van der Waals surface area contributed by atoms with Gasteiger partial charge in [0.15, 0.2) is 6.61 Å². The molecule has 0 fully saturated rings. The van der Waals surface area contributed by atoms with Crippen molar-refractivity contribution < 1.29 is 18.7 Å². The lowest BCUT2D eigenvalue weighted by molar-refractivity contribution is -0.148. The zero-order valence-electron chi connectivity index (χ0n) is 14.6. The molecule has 0 spiro atoms. The number of thioether (sulfide) groups is 1. The highest BCUT2D eigenvalue weighted by Crippen LogP contribution is 2.19. The molecule has 138 valence electrons. The molecule has 2 aromatic carbocycles. The quantitative estimate of drug-likeness (QED) is 0.535. The minimum atomic E-state index is -0.425. The van der Waals surface area contributed by atoms with Crippen LogP contribution in [0, 0.1) is 5.82 Å². The van der Waals surface area contributed by atoms with Crippen LogP contribution in [-0.4, -0.2) is 30.8 Å². The Kier molecular flexibility index (Phi) is 8.15. The monoisotopic (exact) mass is 375 g/mol. The highest BCUT2D eigenvalue weighted by molar-refractivity contribution is 7.99. The second-order valence-electron chi connectivity index (χ2n) is 5.83. The van der Waals surface area contributed by atoms with E-state index in [4.69, 9.17) is 4.74 Å². The molecule has 0 aliphatic heterocycles. The fraction of sp³-hybridized carbons (Fsp3) is 0.300. The summed E-state index contributed by atoms with van der Waals surface area (Å²) in [5.74, 6) is -0.334. The SMILES string of the molecule is C[C@H](CNC(=O)COC(=O)CCSc1ccc(F)cc1)c1ccccc1. The molecule has 0 unspecified atom stereocenters. The molecule has 0 radical (unpaired) electrons. The van der Waals surface area contributed by atoms with Crippen molar-refractivity contribution in [2.75, 3.05) is 18.9 Å². The fourth-order valence-corrected chi connectivity index (χ4v) is 3.05. The minimum Gasteiger partial charge on any atom is -0.456 e. The minimum absolute atomic E-state index is 0.183. The van der Waals surface area contributed by atoms with E-state index in [-0.39, 0.29) is 30.7 Å². The average Bonchev–Trinajstić information content (AvgIpc) is 2.66. The van der Waals surface area contributed by atoms with Crippen molar-refractivity contribution in [3.05, 3.63) is 66.0 Å². The number of hydrogen-bond acceptors (Lipinski definition) is 4. The number of esters is 1. The summed E-state index contributed by atoms with van der Waals surface area (Å²) >= 11 is 1.44. The van der Waals surface area contributed by atoms with Crippen molar-refractivity contribution in [2.24, 2.45) is 0 Å². The van der Waals surface area contributed by atoms with Gasteiger partial charge in [0.1, 0.15) is 5.82 Å². The normalized spacial score (nSPS) is 11.6. The van der Waals surface area contributed by atoms with Crippen molar-refractivity contribution in [2.45, 2.75) is 24.2 Å². The molecule has 4 nitrogen and oxygen atoms in total. The lowest BCUT2D eigenvalue weighted by atomic mass is 10.0. The number of nitrogens with one attached hydrogen (secondary N) is 1. The number of ether oxygens (including phenoxy) is 1. The van der Waals surface area contributed by atoms with Gasteiger partial charge in [0.25, 0.3) is 5.91 Å². The number of benzene rings is 2. The topological polar surface area (TPSA) is 55.4 Å². The van der Waals surface area contributed by atoms with Crippen LogP contribution >= 0.6 is 11.8 Å². The maximum absolute atomic E-state index is 12.8. The number of amides is 1. The van der Waals surface area contributed by atoms with Gasteiger partial charge in [-0.05, 0) is 35.7 Å². The van der Waals surface area contributed by atoms with Crippen LogP contribution in [0.5, 0.6) is 0 Å². The molecule has 2 rings (SSSR count). The van der Waals surface area contributed by atoms with Crippen molar-refractivity contribution in [1.29, 1.82) is 0 Å². The zero-order valence-corrected chi connectivity index (χ0v) is 15.4. The van der Waals surface area contributed by atoms with E-state index in [0.717, 1.165) is 10.5 Å². The van der Waals surface area contributed by atoms with Gasteiger partial charge in [-0.15, -0.1) is 11.8 Å². The smallest absolute Gasteiger partial charge is 0.307 e. The van der Waals surface area contributed by atoms with Gasteiger partial charge in [0, 0.05) is 17.2 Å². The van der Waals surface area contributed by atoms with Crippen molar-refractivity contribution in [3.8, 4) is 0 Å². The average molecular weight is 375 g/mol. The van der Waals surface area contributed by atoms with E-state index >= 15 is 0 Å². The maximum Gasteiger partial charge on any atom is 0.307 e. The van der Waals surface area contributed by atoms with Crippen molar-refractivity contribution >= 4 is 23.6 Å². The Labute approximate surface area is 157 Å². The van der Waals surface area contributed by atoms with Crippen LogP contribution in [-0.2, 0) is 14.3 Å². The highest BCUT2D eigenvalue weighted by atomic mass is 32.2. The molecule has 0 bridgehead atoms. The predicted molar refractivity (Wildman–Crippen MR) is 101 cm³/mol. The molecular formula is C20H22FNO3S. The van der Waals surface area contributed by atoms with E-state index in [2.05, 4.69) is 5.32 Å². The molecule has 6 heteroatoms. The van der Waals surface area contributed by atoms with Crippen LogP contribution in [0.4, 0.5) is 4.39 Å².